The van der Waals surface area contributed by atoms with E-state index in [9.17, 15) is 0 Å². The Balaban J connectivity index is 1.47. The van der Waals surface area contributed by atoms with Crippen molar-refractivity contribution in [2.75, 3.05) is 19.6 Å². The van der Waals surface area contributed by atoms with Crippen LogP contribution in [0.4, 0.5) is 0 Å². The minimum atomic E-state index is 0.389. The summed E-state index contributed by atoms with van der Waals surface area (Å²) in [4.78, 5) is 2.73. The average Bonchev–Trinajstić information content (AvgIpc) is 3.00. The summed E-state index contributed by atoms with van der Waals surface area (Å²) >= 11 is 0. The smallest absolute Gasteiger partial charge is 0.0735 e. The lowest BCUT2D eigenvalue weighted by molar-refractivity contribution is 0.0393. The Morgan fingerprint density at radius 1 is 1.24 bits per heavy atom. The van der Waals surface area contributed by atoms with E-state index in [-0.39, 0.29) is 0 Å². The number of hydrogen-bond acceptors (Lipinski definition) is 3. The fourth-order valence-electron chi connectivity index (χ4n) is 4.31. The first kappa shape index (κ1) is 10.8. The normalized spacial score (nSPS) is 51.0. The molecule has 3 aliphatic heterocycles. The van der Waals surface area contributed by atoms with Crippen molar-refractivity contribution < 1.29 is 4.74 Å². The summed E-state index contributed by atoms with van der Waals surface area (Å²) in [6.45, 7) is 6.07. The Hall–Kier alpha value is -0.120. The monoisotopic (exact) mass is 236 g/mol. The number of nitrogens with zero attached hydrogens (tertiary/aromatic N) is 1. The van der Waals surface area contributed by atoms with Gasteiger partial charge in [-0.05, 0) is 44.9 Å². The van der Waals surface area contributed by atoms with Gasteiger partial charge in [0.2, 0.25) is 0 Å². The minimum Gasteiger partial charge on any atom is -0.373 e. The molecule has 3 nitrogen and oxygen atoms in total. The van der Waals surface area contributed by atoms with Gasteiger partial charge in [0.25, 0.3) is 0 Å². The molecule has 0 amide bonds. The fourth-order valence-corrected chi connectivity index (χ4v) is 4.31. The van der Waals surface area contributed by atoms with Crippen LogP contribution in [0.15, 0.2) is 0 Å². The van der Waals surface area contributed by atoms with Gasteiger partial charge < -0.3 is 10.1 Å². The number of ether oxygens (including phenoxy) is 1. The van der Waals surface area contributed by atoms with E-state index in [1.165, 1.54) is 51.7 Å². The van der Waals surface area contributed by atoms with Gasteiger partial charge in [-0.15, -0.1) is 0 Å². The number of nitrogens with one attached hydrogen (secondary N) is 1. The van der Waals surface area contributed by atoms with E-state index in [4.69, 9.17) is 4.74 Å². The van der Waals surface area contributed by atoms with Crippen molar-refractivity contribution in [2.45, 2.75) is 62.8 Å². The van der Waals surface area contributed by atoms with Crippen molar-refractivity contribution in [1.82, 2.24) is 10.2 Å². The van der Waals surface area contributed by atoms with Crippen LogP contribution in [0.5, 0.6) is 0 Å². The molecular weight excluding hydrogens is 212 g/mol. The molecule has 4 rings (SSSR count). The maximum absolute atomic E-state index is 6.02. The molecule has 3 saturated heterocycles. The van der Waals surface area contributed by atoms with Gasteiger partial charge in [-0.1, -0.05) is 0 Å². The fraction of sp³-hybridized carbons (Fsp3) is 1.00. The lowest BCUT2D eigenvalue weighted by atomic mass is 9.88. The standard InChI is InChI=1S/C14H24N2O/c1-14(10-2-3-10)9-16(7-6-15-14)12-8-11-4-5-13(12)17-11/h10-13,15H,2-9H2,1H3. The van der Waals surface area contributed by atoms with E-state index < -0.39 is 0 Å². The molecule has 0 aromatic carbocycles. The predicted molar refractivity (Wildman–Crippen MR) is 67.0 cm³/mol. The molecular formula is C14H24N2O. The summed E-state index contributed by atoms with van der Waals surface area (Å²) in [6, 6.07) is 0.730. The lowest BCUT2D eigenvalue weighted by Gasteiger charge is -2.45. The van der Waals surface area contributed by atoms with Gasteiger partial charge in [0.1, 0.15) is 0 Å². The summed E-state index contributed by atoms with van der Waals surface area (Å²) in [6.07, 6.45) is 7.93. The molecule has 1 aliphatic carbocycles. The van der Waals surface area contributed by atoms with Gasteiger partial charge in [0.15, 0.2) is 0 Å². The maximum Gasteiger partial charge on any atom is 0.0735 e. The van der Waals surface area contributed by atoms with Gasteiger partial charge in [0, 0.05) is 31.2 Å². The van der Waals surface area contributed by atoms with E-state index in [1.807, 2.05) is 0 Å². The molecule has 3 heteroatoms. The topological polar surface area (TPSA) is 24.5 Å². The first-order chi connectivity index (χ1) is 8.24. The molecule has 96 valence electrons. The SMILES string of the molecule is CC1(C2CC2)CN(C2CC3CCC2O3)CCN1. The van der Waals surface area contributed by atoms with Crippen molar-refractivity contribution in [3.8, 4) is 0 Å². The van der Waals surface area contributed by atoms with Gasteiger partial charge in [0.05, 0.1) is 12.2 Å². The van der Waals surface area contributed by atoms with E-state index in [2.05, 4.69) is 17.1 Å². The van der Waals surface area contributed by atoms with Crippen molar-refractivity contribution >= 4 is 0 Å². The van der Waals surface area contributed by atoms with Gasteiger partial charge in [-0.2, -0.15) is 0 Å². The average molecular weight is 236 g/mol. The van der Waals surface area contributed by atoms with E-state index in [1.54, 1.807) is 0 Å². The Labute approximate surface area is 104 Å². The second kappa shape index (κ2) is 3.69. The molecule has 1 saturated carbocycles. The second-order valence-corrected chi connectivity index (χ2v) is 6.77. The largest absolute Gasteiger partial charge is 0.373 e. The number of fused-ring (bicyclic) bond motifs is 2. The first-order valence-electron chi connectivity index (χ1n) is 7.39. The highest BCUT2D eigenvalue weighted by Crippen LogP contribution is 2.43. The Bertz CT molecular complexity index is 317. The minimum absolute atomic E-state index is 0.389. The zero-order valence-electron chi connectivity index (χ0n) is 10.8. The van der Waals surface area contributed by atoms with Crippen LogP contribution in [0.2, 0.25) is 0 Å². The Morgan fingerprint density at radius 2 is 2.12 bits per heavy atom. The van der Waals surface area contributed by atoms with E-state index in [0.717, 1.165) is 12.0 Å². The third kappa shape index (κ3) is 1.74. The second-order valence-electron chi connectivity index (χ2n) is 6.77. The predicted octanol–water partition coefficient (Wildman–Crippen LogP) is 1.38. The van der Waals surface area contributed by atoms with Crippen molar-refractivity contribution in [3.05, 3.63) is 0 Å². The third-order valence-corrected chi connectivity index (χ3v) is 5.48. The van der Waals surface area contributed by atoms with Crippen LogP contribution in [0, 0.1) is 5.92 Å². The zero-order chi connectivity index (χ0) is 11.5. The summed E-state index contributed by atoms with van der Waals surface area (Å²) in [5.41, 5.74) is 0.389. The van der Waals surface area contributed by atoms with Gasteiger partial charge in [-0.3, -0.25) is 4.90 Å². The molecule has 0 radical (unpaired) electrons. The van der Waals surface area contributed by atoms with Crippen LogP contribution in [0.25, 0.3) is 0 Å². The van der Waals surface area contributed by atoms with Crippen LogP contribution in [0.1, 0.15) is 39.0 Å². The number of hydrogen-bond donors (Lipinski definition) is 1. The van der Waals surface area contributed by atoms with Gasteiger partial charge >= 0.3 is 0 Å². The van der Waals surface area contributed by atoms with Crippen LogP contribution in [-0.2, 0) is 4.74 Å². The number of rotatable bonds is 2. The van der Waals surface area contributed by atoms with Crippen molar-refractivity contribution in [2.24, 2.45) is 5.92 Å². The molecule has 1 N–H and O–H groups in total. The summed E-state index contributed by atoms with van der Waals surface area (Å²) in [5.74, 6) is 0.935. The molecule has 3 heterocycles. The summed E-state index contributed by atoms with van der Waals surface area (Å²) in [7, 11) is 0. The molecule has 0 aromatic heterocycles. The van der Waals surface area contributed by atoms with Crippen LogP contribution in [0.3, 0.4) is 0 Å². The molecule has 4 unspecified atom stereocenters. The maximum atomic E-state index is 6.02. The zero-order valence-corrected chi connectivity index (χ0v) is 10.8. The molecule has 0 spiro atoms. The Morgan fingerprint density at radius 3 is 2.76 bits per heavy atom. The molecule has 17 heavy (non-hydrogen) atoms. The summed E-state index contributed by atoms with van der Waals surface area (Å²) < 4.78 is 6.02. The van der Waals surface area contributed by atoms with Crippen LogP contribution < -0.4 is 5.32 Å². The summed E-state index contributed by atoms with van der Waals surface area (Å²) in [5, 5.41) is 3.77. The van der Waals surface area contributed by atoms with E-state index in [0.29, 0.717) is 17.7 Å². The number of piperazine rings is 1. The molecule has 4 fully saturated rings. The molecule has 2 bridgehead atoms. The first-order valence-corrected chi connectivity index (χ1v) is 7.39. The lowest BCUT2D eigenvalue weighted by Crippen LogP contribution is -2.63. The quantitative estimate of drug-likeness (QED) is 0.784. The van der Waals surface area contributed by atoms with Crippen molar-refractivity contribution in [3.63, 3.8) is 0 Å². The van der Waals surface area contributed by atoms with E-state index >= 15 is 0 Å². The Kier molecular flexibility index (Phi) is 2.34. The van der Waals surface area contributed by atoms with Crippen LogP contribution >= 0.6 is 0 Å². The molecule has 0 aromatic rings. The highest BCUT2D eigenvalue weighted by molar-refractivity contribution is 5.05. The highest BCUT2D eigenvalue weighted by atomic mass is 16.5. The molecule has 4 aliphatic rings. The highest BCUT2D eigenvalue weighted by Gasteiger charge is 2.49. The van der Waals surface area contributed by atoms with Crippen molar-refractivity contribution in [1.29, 1.82) is 0 Å². The molecule has 4 atom stereocenters. The third-order valence-electron chi connectivity index (χ3n) is 5.48. The van der Waals surface area contributed by atoms with Crippen LogP contribution in [-0.4, -0.2) is 48.3 Å². The van der Waals surface area contributed by atoms with Gasteiger partial charge in [-0.25, -0.2) is 0 Å².